The van der Waals surface area contributed by atoms with Gasteiger partial charge in [-0.15, -0.1) is 0 Å². The first kappa shape index (κ1) is 22.9. The van der Waals surface area contributed by atoms with Crippen molar-refractivity contribution < 1.29 is 9.59 Å². The number of anilines is 2. The Morgan fingerprint density at radius 1 is 0.941 bits per heavy atom. The van der Waals surface area contributed by atoms with Gasteiger partial charge in [0.05, 0.1) is 28.7 Å². The van der Waals surface area contributed by atoms with Crippen LogP contribution >= 0.6 is 0 Å². The number of hydrogen-bond donors (Lipinski definition) is 4. The van der Waals surface area contributed by atoms with Crippen LogP contribution in [0.15, 0.2) is 73.2 Å². The van der Waals surface area contributed by atoms with E-state index in [1.165, 1.54) is 6.20 Å². The number of nitrogens with zero attached hydrogens (tertiary/aromatic N) is 2. The van der Waals surface area contributed by atoms with Crippen molar-refractivity contribution in [3.63, 3.8) is 0 Å². The second kappa shape index (κ2) is 10.5. The standard InChI is InChI=1S/C26H26N6O2/c27-11-1-2-13-30-26(34)18-7-5-17(6-8-18)19-9-10-23-21(14-19)24(22(16-31-23)25(28)33)32-20-4-3-12-29-15-20/h3-10,12,14-16H,1-2,11,13,27H2,(H2,28,33)(H,30,34)(H,31,32). The van der Waals surface area contributed by atoms with Crippen LogP contribution in [-0.4, -0.2) is 34.9 Å². The highest BCUT2D eigenvalue weighted by molar-refractivity contribution is 6.08. The lowest BCUT2D eigenvalue weighted by Crippen LogP contribution is -2.24. The third-order valence-corrected chi connectivity index (χ3v) is 5.46. The van der Waals surface area contributed by atoms with Gasteiger partial charge in [-0.05, 0) is 66.9 Å². The maximum Gasteiger partial charge on any atom is 0.252 e. The summed E-state index contributed by atoms with van der Waals surface area (Å²) in [6, 6.07) is 16.8. The minimum Gasteiger partial charge on any atom is -0.365 e. The molecule has 2 aromatic carbocycles. The first-order valence-electron chi connectivity index (χ1n) is 11.0. The van der Waals surface area contributed by atoms with Crippen molar-refractivity contribution in [2.24, 2.45) is 11.5 Å². The predicted octanol–water partition coefficient (Wildman–Crippen LogP) is 3.61. The molecule has 2 amide bonds. The van der Waals surface area contributed by atoms with Gasteiger partial charge in [0.15, 0.2) is 0 Å². The molecule has 172 valence electrons. The van der Waals surface area contributed by atoms with Crippen molar-refractivity contribution in [3.05, 3.63) is 84.3 Å². The third kappa shape index (κ3) is 5.19. The molecule has 0 unspecified atom stereocenters. The predicted molar refractivity (Wildman–Crippen MR) is 134 cm³/mol. The summed E-state index contributed by atoms with van der Waals surface area (Å²) in [5, 5.41) is 6.92. The summed E-state index contributed by atoms with van der Waals surface area (Å²) in [5.74, 6) is -0.687. The fraction of sp³-hybridized carbons (Fsp3) is 0.154. The molecule has 8 nitrogen and oxygen atoms in total. The molecule has 0 aliphatic rings. The van der Waals surface area contributed by atoms with E-state index in [0.717, 1.165) is 35.0 Å². The van der Waals surface area contributed by atoms with Crippen LogP contribution in [0.25, 0.3) is 22.0 Å². The van der Waals surface area contributed by atoms with Gasteiger partial charge in [0.2, 0.25) is 0 Å². The van der Waals surface area contributed by atoms with Gasteiger partial charge in [-0.2, -0.15) is 0 Å². The zero-order chi connectivity index (χ0) is 23.9. The molecular formula is C26H26N6O2. The van der Waals surface area contributed by atoms with Crippen LogP contribution in [0, 0.1) is 0 Å². The average molecular weight is 455 g/mol. The number of carbonyl (C=O) groups is 2. The van der Waals surface area contributed by atoms with Crippen molar-refractivity contribution in [3.8, 4) is 11.1 Å². The first-order valence-corrected chi connectivity index (χ1v) is 11.0. The van der Waals surface area contributed by atoms with Crippen LogP contribution in [0.4, 0.5) is 11.4 Å². The molecule has 8 heteroatoms. The van der Waals surface area contributed by atoms with Crippen molar-refractivity contribution in [1.29, 1.82) is 0 Å². The molecule has 0 spiro atoms. The zero-order valence-corrected chi connectivity index (χ0v) is 18.6. The van der Waals surface area contributed by atoms with Crippen LogP contribution in [0.5, 0.6) is 0 Å². The highest BCUT2D eigenvalue weighted by atomic mass is 16.2. The van der Waals surface area contributed by atoms with E-state index in [2.05, 4.69) is 20.6 Å². The Bertz CT molecular complexity index is 1310. The third-order valence-electron chi connectivity index (χ3n) is 5.46. The van der Waals surface area contributed by atoms with E-state index in [-0.39, 0.29) is 11.5 Å². The zero-order valence-electron chi connectivity index (χ0n) is 18.6. The van der Waals surface area contributed by atoms with Gasteiger partial charge in [0.1, 0.15) is 0 Å². The van der Waals surface area contributed by atoms with Crippen molar-refractivity contribution in [2.45, 2.75) is 12.8 Å². The molecule has 2 heterocycles. The molecular weight excluding hydrogens is 428 g/mol. The van der Waals surface area contributed by atoms with Gasteiger partial charge in [-0.1, -0.05) is 18.2 Å². The van der Waals surface area contributed by atoms with Crippen molar-refractivity contribution >= 4 is 34.1 Å². The lowest BCUT2D eigenvalue weighted by Gasteiger charge is -2.14. The number of rotatable bonds is 9. The SMILES string of the molecule is NCCCCNC(=O)c1ccc(-c2ccc3ncc(C(N)=O)c(Nc4cccnc4)c3c2)cc1. The molecule has 0 saturated carbocycles. The maximum absolute atomic E-state index is 12.3. The van der Waals surface area contributed by atoms with Gasteiger partial charge in [0.25, 0.3) is 11.8 Å². The highest BCUT2D eigenvalue weighted by Gasteiger charge is 2.15. The number of benzene rings is 2. The molecule has 34 heavy (non-hydrogen) atoms. The number of carbonyl (C=O) groups excluding carboxylic acids is 2. The summed E-state index contributed by atoms with van der Waals surface area (Å²) in [5.41, 5.74) is 15.9. The van der Waals surface area contributed by atoms with Crippen molar-refractivity contribution in [2.75, 3.05) is 18.4 Å². The molecule has 4 rings (SSSR count). The molecule has 0 atom stereocenters. The van der Waals surface area contributed by atoms with Gasteiger partial charge in [-0.25, -0.2) is 0 Å². The second-order valence-corrected chi connectivity index (χ2v) is 7.84. The lowest BCUT2D eigenvalue weighted by molar-refractivity contribution is 0.0951. The van der Waals surface area contributed by atoms with Gasteiger partial charge < -0.3 is 22.1 Å². The monoisotopic (exact) mass is 454 g/mol. The Morgan fingerprint density at radius 2 is 1.74 bits per heavy atom. The fourth-order valence-corrected chi connectivity index (χ4v) is 3.66. The number of unbranched alkanes of at least 4 members (excludes halogenated alkanes) is 1. The highest BCUT2D eigenvalue weighted by Crippen LogP contribution is 2.32. The van der Waals surface area contributed by atoms with Crippen LogP contribution in [-0.2, 0) is 0 Å². The number of hydrogen-bond acceptors (Lipinski definition) is 6. The van der Waals surface area contributed by atoms with E-state index >= 15 is 0 Å². The normalized spacial score (nSPS) is 10.7. The molecule has 2 aromatic heterocycles. The average Bonchev–Trinajstić information content (AvgIpc) is 2.87. The van der Waals surface area contributed by atoms with Gasteiger partial charge in [-0.3, -0.25) is 19.6 Å². The quantitative estimate of drug-likeness (QED) is 0.285. The van der Waals surface area contributed by atoms with E-state index in [9.17, 15) is 9.59 Å². The second-order valence-electron chi connectivity index (χ2n) is 7.84. The molecule has 0 fully saturated rings. The molecule has 0 aliphatic carbocycles. The summed E-state index contributed by atoms with van der Waals surface area (Å²) in [6.45, 7) is 1.22. The van der Waals surface area contributed by atoms with Crippen molar-refractivity contribution in [1.82, 2.24) is 15.3 Å². The largest absolute Gasteiger partial charge is 0.365 e. The molecule has 0 saturated heterocycles. The molecule has 6 N–H and O–H groups in total. The number of primary amides is 1. The number of amides is 2. The van der Waals surface area contributed by atoms with E-state index in [1.54, 1.807) is 30.6 Å². The van der Waals surface area contributed by atoms with Crippen LogP contribution in [0.1, 0.15) is 33.6 Å². The number of aromatic nitrogens is 2. The number of nitrogens with two attached hydrogens (primary N) is 2. The summed E-state index contributed by atoms with van der Waals surface area (Å²) < 4.78 is 0. The Morgan fingerprint density at radius 3 is 2.44 bits per heavy atom. The Kier molecular flexibility index (Phi) is 7.10. The first-order chi connectivity index (χ1) is 16.6. The summed E-state index contributed by atoms with van der Waals surface area (Å²) in [4.78, 5) is 33.0. The molecule has 0 radical (unpaired) electrons. The van der Waals surface area contributed by atoms with Gasteiger partial charge >= 0.3 is 0 Å². The lowest BCUT2D eigenvalue weighted by atomic mass is 10.00. The number of pyridine rings is 2. The van der Waals surface area contributed by atoms with Crippen LogP contribution < -0.4 is 22.1 Å². The molecule has 0 aliphatic heterocycles. The summed E-state index contributed by atoms with van der Waals surface area (Å²) in [6.07, 6.45) is 6.55. The van der Waals surface area contributed by atoms with Crippen LogP contribution in [0.2, 0.25) is 0 Å². The smallest absolute Gasteiger partial charge is 0.252 e. The number of fused-ring (bicyclic) bond motifs is 1. The minimum absolute atomic E-state index is 0.111. The minimum atomic E-state index is -0.576. The van der Waals surface area contributed by atoms with E-state index < -0.39 is 5.91 Å². The Hall–Kier alpha value is -4.30. The summed E-state index contributed by atoms with van der Waals surface area (Å²) >= 11 is 0. The van der Waals surface area contributed by atoms with Gasteiger partial charge in [0, 0.05) is 29.9 Å². The maximum atomic E-state index is 12.3. The Labute approximate surface area is 197 Å². The summed E-state index contributed by atoms with van der Waals surface area (Å²) in [7, 11) is 0. The Balaban J connectivity index is 1.65. The molecule has 4 aromatic rings. The molecule has 0 bridgehead atoms. The fourth-order valence-electron chi connectivity index (χ4n) is 3.66. The van der Waals surface area contributed by atoms with E-state index in [0.29, 0.717) is 29.9 Å². The van der Waals surface area contributed by atoms with E-state index in [4.69, 9.17) is 11.5 Å². The van der Waals surface area contributed by atoms with Crippen LogP contribution in [0.3, 0.4) is 0 Å². The topological polar surface area (TPSA) is 136 Å². The number of nitrogens with one attached hydrogen (secondary N) is 2. The van der Waals surface area contributed by atoms with E-state index in [1.807, 2.05) is 36.4 Å².